The van der Waals surface area contributed by atoms with Crippen LogP contribution in [0.5, 0.6) is 0 Å². The molecule has 1 saturated heterocycles. The maximum atomic E-state index is 11.9. The van der Waals surface area contributed by atoms with Gasteiger partial charge in [0.2, 0.25) is 0 Å². The highest BCUT2D eigenvalue weighted by molar-refractivity contribution is 7.13. The predicted molar refractivity (Wildman–Crippen MR) is 65.6 cm³/mol. The highest BCUT2D eigenvalue weighted by Crippen LogP contribution is 2.32. The summed E-state index contributed by atoms with van der Waals surface area (Å²) in [6.07, 6.45) is 9.73. The average Bonchev–Trinajstić information content (AvgIpc) is 2.35. The summed E-state index contributed by atoms with van der Waals surface area (Å²) in [5, 5.41) is 0. The number of ketones is 1. The van der Waals surface area contributed by atoms with Gasteiger partial charge in [-0.25, -0.2) is 0 Å². The van der Waals surface area contributed by atoms with Crippen molar-refractivity contribution in [3.63, 3.8) is 0 Å². The van der Waals surface area contributed by atoms with Crippen LogP contribution in [-0.2, 0) is 4.79 Å². The molecule has 15 heavy (non-hydrogen) atoms. The molecule has 2 fully saturated rings. The molecule has 3 atom stereocenters. The summed E-state index contributed by atoms with van der Waals surface area (Å²) in [5.74, 6) is 0.870. The topological polar surface area (TPSA) is 20.3 Å². The third-order valence-electron chi connectivity index (χ3n) is 3.94. The monoisotopic (exact) mass is 227 g/mol. The SMILES string of the molecule is O=C1CCN(P)C2CCCCCCCC12. The molecule has 1 aliphatic carbocycles. The molecule has 2 aliphatic rings. The molecule has 2 rings (SSSR count). The number of fused-ring (bicyclic) bond motifs is 1. The zero-order valence-corrected chi connectivity index (χ0v) is 10.6. The summed E-state index contributed by atoms with van der Waals surface area (Å²) in [7, 11) is 2.83. The van der Waals surface area contributed by atoms with Gasteiger partial charge in [0.05, 0.1) is 0 Å². The Morgan fingerprint density at radius 1 is 1.07 bits per heavy atom. The molecule has 0 N–H and O–H groups in total. The lowest BCUT2D eigenvalue weighted by atomic mass is 9.84. The largest absolute Gasteiger partial charge is 0.299 e. The van der Waals surface area contributed by atoms with E-state index in [4.69, 9.17) is 0 Å². The molecule has 1 saturated carbocycles. The summed E-state index contributed by atoms with van der Waals surface area (Å²) >= 11 is 0. The van der Waals surface area contributed by atoms with Crippen LogP contribution in [0.2, 0.25) is 0 Å². The first-order valence-electron chi connectivity index (χ1n) is 6.33. The number of rotatable bonds is 0. The third kappa shape index (κ3) is 2.79. The second-order valence-corrected chi connectivity index (χ2v) is 5.64. The number of carbonyl (C=O) groups excluding carboxylic acids is 1. The van der Waals surface area contributed by atoms with Gasteiger partial charge in [0.15, 0.2) is 0 Å². The first-order chi connectivity index (χ1) is 7.29. The van der Waals surface area contributed by atoms with Gasteiger partial charge in [0, 0.05) is 24.9 Å². The Kier molecular flexibility index (Phi) is 4.16. The minimum Gasteiger partial charge on any atom is -0.299 e. The van der Waals surface area contributed by atoms with Gasteiger partial charge in [0.25, 0.3) is 0 Å². The van der Waals surface area contributed by atoms with Crippen molar-refractivity contribution in [2.45, 2.75) is 57.4 Å². The normalized spacial score (nSPS) is 35.1. The molecule has 0 radical (unpaired) electrons. The number of Topliss-reactive ketones (excluding diaryl/α,β-unsaturated/α-hetero) is 1. The molecule has 3 unspecified atom stereocenters. The number of hydrogen-bond donors (Lipinski definition) is 0. The molecular weight excluding hydrogens is 205 g/mol. The summed E-state index contributed by atoms with van der Waals surface area (Å²) in [4.78, 5) is 11.9. The fraction of sp³-hybridized carbons (Fsp3) is 0.917. The van der Waals surface area contributed by atoms with E-state index in [2.05, 4.69) is 14.1 Å². The molecule has 3 heteroatoms. The van der Waals surface area contributed by atoms with Gasteiger partial charge >= 0.3 is 0 Å². The Morgan fingerprint density at radius 3 is 2.53 bits per heavy atom. The second kappa shape index (κ2) is 5.41. The number of piperidine rings is 1. The standard InChI is InChI=1S/C12H22NOP/c14-12-8-9-13(15)11-7-5-3-1-2-4-6-10(11)12/h10-11H,1-9,15H2. The van der Waals surface area contributed by atoms with Crippen molar-refractivity contribution >= 4 is 15.2 Å². The minimum atomic E-state index is 0.342. The van der Waals surface area contributed by atoms with E-state index in [0.29, 0.717) is 17.7 Å². The maximum Gasteiger partial charge on any atom is 0.138 e. The Hall–Kier alpha value is 0.0600. The van der Waals surface area contributed by atoms with E-state index in [1.54, 1.807) is 0 Å². The van der Waals surface area contributed by atoms with E-state index in [1.165, 1.54) is 38.5 Å². The Labute approximate surface area is 95.0 Å². The van der Waals surface area contributed by atoms with Crippen LogP contribution in [0.1, 0.15) is 51.4 Å². The van der Waals surface area contributed by atoms with Crippen LogP contribution >= 0.6 is 9.39 Å². The van der Waals surface area contributed by atoms with Crippen molar-refractivity contribution < 1.29 is 4.79 Å². The molecule has 1 aliphatic heterocycles. The van der Waals surface area contributed by atoms with Crippen LogP contribution in [0.15, 0.2) is 0 Å². The molecule has 0 aromatic rings. The van der Waals surface area contributed by atoms with Crippen LogP contribution in [0.3, 0.4) is 0 Å². The van der Waals surface area contributed by atoms with Gasteiger partial charge in [-0.2, -0.15) is 0 Å². The van der Waals surface area contributed by atoms with E-state index < -0.39 is 0 Å². The number of hydrogen-bond acceptors (Lipinski definition) is 2. The van der Waals surface area contributed by atoms with Crippen LogP contribution < -0.4 is 0 Å². The van der Waals surface area contributed by atoms with Gasteiger partial charge in [-0.15, -0.1) is 0 Å². The molecule has 0 bridgehead atoms. The van der Waals surface area contributed by atoms with E-state index >= 15 is 0 Å². The lowest BCUT2D eigenvalue weighted by Crippen LogP contribution is -2.44. The van der Waals surface area contributed by atoms with E-state index in [-0.39, 0.29) is 0 Å². The van der Waals surface area contributed by atoms with Crippen molar-refractivity contribution in [2.75, 3.05) is 6.54 Å². The maximum absolute atomic E-state index is 11.9. The molecule has 86 valence electrons. The quantitative estimate of drug-likeness (QED) is 0.593. The summed E-state index contributed by atoms with van der Waals surface area (Å²) in [6.45, 7) is 0.949. The van der Waals surface area contributed by atoms with Crippen LogP contribution in [0.4, 0.5) is 0 Å². The predicted octanol–water partition coefficient (Wildman–Crippen LogP) is 2.78. The van der Waals surface area contributed by atoms with Crippen molar-refractivity contribution in [3.05, 3.63) is 0 Å². The summed E-state index contributed by atoms with van der Waals surface area (Å²) in [5.41, 5.74) is 0. The smallest absolute Gasteiger partial charge is 0.138 e. The van der Waals surface area contributed by atoms with Gasteiger partial charge in [-0.3, -0.25) is 9.46 Å². The van der Waals surface area contributed by atoms with Gasteiger partial charge < -0.3 is 0 Å². The Balaban J connectivity index is 2.06. The molecular formula is C12H22NOP. The fourth-order valence-electron chi connectivity index (χ4n) is 3.00. The van der Waals surface area contributed by atoms with Crippen molar-refractivity contribution in [2.24, 2.45) is 5.92 Å². The van der Waals surface area contributed by atoms with E-state index in [9.17, 15) is 4.79 Å². The Bertz CT molecular complexity index is 232. The van der Waals surface area contributed by atoms with Gasteiger partial charge in [-0.05, 0) is 12.8 Å². The van der Waals surface area contributed by atoms with Crippen LogP contribution in [-0.4, -0.2) is 23.0 Å². The molecule has 0 spiro atoms. The van der Waals surface area contributed by atoms with Gasteiger partial charge in [0.1, 0.15) is 5.78 Å². The van der Waals surface area contributed by atoms with Crippen molar-refractivity contribution in [3.8, 4) is 0 Å². The van der Waals surface area contributed by atoms with Gasteiger partial charge in [-0.1, -0.05) is 41.5 Å². The lowest BCUT2D eigenvalue weighted by molar-refractivity contribution is -0.127. The van der Waals surface area contributed by atoms with Crippen molar-refractivity contribution in [1.82, 2.24) is 4.67 Å². The Morgan fingerprint density at radius 2 is 1.73 bits per heavy atom. The summed E-state index contributed by atoms with van der Waals surface area (Å²) < 4.78 is 2.34. The molecule has 0 amide bonds. The summed E-state index contributed by atoms with van der Waals surface area (Å²) in [6, 6.07) is 0.523. The first kappa shape index (κ1) is 11.5. The lowest BCUT2D eigenvalue weighted by Gasteiger charge is -2.37. The minimum absolute atomic E-state index is 0.342. The molecule has 0 aromatic heterocycles. The molecule has 2 nitrogen and oxygen atoms in total. The van der Waals surface area contributed by atoms with Crippen LogP contribution in [0.25, 0.3) is 0 Å². The second-order valence-electron chi connectivity index (χ2n) is 4.97. The molecule has 0 aromatic carbocycles. The van der Waals surface area contributed by atoms with Crippen molar-refractivity contribution in [1.29, 1.82) is 0 Å². The first-order valence-corrected chi connectivity index (χ1v) is 6.85. The third-order valence-corrected chi connectivity index (χ3v) is 4.58. The van der Waals surface area contributed by atoms with Crippen LogP contribution in [0, 0.1) is 5.92 Å². The number of carbonyl (C=O) groups is 1. The molecule has 1 heterocycles. The fourth-order valence-corrected chi connectivity index (χ4v) is 3.49. The average molecular weight is 227 g/mol. The highest BCUT2D eigenvalue weighted by atomic mass is 31.0. The zero-order valence-electron chi connectivity index (χ0n) is 9.45. The van der Waals surface area contributed by atoms with E-state index in [0.717, 1.165) is 19.4 Å². The van der Waals surface area contributed by atoms with E-state index in [1.807, 2.05) is 0 Å². The number of nitrogens with zero attached hydrogens (tertiary/aromatic N) is 1. The highest BCUT2D eigenvalue weighted by Gasteiger charge is 2.34. The zero-order chi connectivity index (χ0) is 10.7.